The van der Waals surface area contributed by atoms with Crippen molar-refractivity contribution in [3.8, 4) is 5.88 Å². The van der Waals surface area contributed by atoms with E-state index in [0.717, 1.165) is 17.2 Å². The van der Waals surface area contributed by atoms with Crippen molar-refractivity contribution in [2.45, 2.75) is 23.5 Å². The Labute approximate surface area is 127 Å². The van der Waals surface area contributed by atoms with Crippen molar-refractivity contribution in [2.24, 2.45) is 0 Å². The molecule has 0 spiro atoms. The monoisotopic (exact) mass is 324 g/mol. The highest BCUT2D eigenvalue weighted by Crippen LogP contribution is 2.42. The standard InChI is InChI=1S/C12H12N4O7/c17-1-6-8(20)11(22,2-18)12(3-19,23-6)16-5-15-7-9(16)13-4-14-10(7)21/h2-6,8,17,20,22H,1H2,(H,13,14,21)/t6-,8-,11-,12-/m1/s1. The molecule has 0 radical (unpaired) electrons. The van der Waals surface area contributed by atoms with Gasteiger partial charge in [-0.2, -0.15) is 4.98 Å². The minimum absolute atomic E-state index is 0.0470. The van der Waals surface area contributed by atoms with Gasteiger partial charge in [0.05, 0.1) is 6.61 Å². The number of nitrogens with zero attached hydrogens (tertiary/aromatic N) is 4. The molecule has 11 heteroatoms. The summed E-state index contributed by atoms with van der Waals surface area (Å²) in [5.74, 6) is -0.485. The normalized spacial score (nSPS) is 33.9. The van der Waals surface area contributed by atoms with Gasteiger partial charge in [-0.1, -0.05) is 0 Å². The Kier molecular flexibility index (Phi) is 3.37. The van der Waals surface area contributed by atoms with Gasteiger partial charge in [-0.3, -0.25) is 14.2 Å². The van der Waals surface area contributed by atoms with Crippen LogP contribution in [-0.4, -0.2) is 76.9 Å². The topological polar surface area (TPSA) is 168 Å². The van der Waals surface area contributed by atoms with Gasteiger partial charge in [0.25, 0.3) is 0 Å². The molecule has 23 heavy (non-hydrogen) atoms. The Hall–Kier alpha value is -2.47. The Morgan fingerprint density at radius 3 is 2.65 bits per heavy atom. The summed E-state index contributed by atoms with van der Waals surface area (Å²) in [6.07, 6.45) is -1.25. The van der Waals surface area contributed by atoms with Crippen molar-refractivity contribution in [3.63, 3.8) is 0 Å². The van der Waals surface area contributed by atoms with E-state index >= 15 is 0 Å². The van der Waals surface area contributed by atoms with E-state index in [4.69, 9.17) is 4.74 Å². The van der Waals surface area contributed by atoms with Crippen LogP contribution in [0.25, 0.3) is 11.2 Å². The molecule has 0 aromatic carbocycles. The first-order chi connectivity index (χ1) is 10.9. The van der Waals surface area contributed by atoms with Gasteiger partial charge in [0.1, 0.15) is 24.9 Å². The molecule has 0 aliphatic carbocycles. The van der Waals surface area contributed by atoms with Gasteiger partial charge in [0, 0.05) is 0 Å². The number of hydrogen-bond donors (Lipinski definition) is 4. The lowest BCUT2D eigenvalue weighted by atomic mass is 9.87. The second-order valence-electron chi connectivity index (χ2n) is 5.03. The van der Waals surface area contributed by atoms with Gasteiger partial charge in [-0.05, 0) is 0 Å². The quantitative estimate of drug-likeness (QED) is 0.427. The summed E-state index contributed by atoms with van der Waals surface area (Å²) in [4.78, 5) is 34.3. The average Bonchev–Trinajstić information content (AvgIpc) is 3.09. The molecule has 0 unspecified atom stereocenters. The lowest BCUT2D eigenvalue weighted by Crippen LogP contribution is -2.59. The molecule has 2 aromatic rings. The molecule has 0 saturated carbocycles. The minimum atomic E-state index is -2.70. The summed E-state index contributed by atoms with van der Waals surface area (Å²) in [5, 5.41) is 39.5. The maximum atomic E-state index is 11.7. The van der Waals surface area contributed by atoms with E-state index in [1.807, 2.05) is 0 Å². The first-order valence-electron chi connectivity index (χ1n) is 6.44. The van der Waals surface area contributed by atoms with E-state index in [1.54, 1.807) is 0 Å². The van der Waals surface area contributed by atoms with Crippen LogP contribution in [0.1, 0.15) is 0 Å². The Morgan fingerprint density at radius 1 is 1.30 bits per heavy atom. The van der Waals surface area contributed by atoms with Crippen molar-refractivity contribution < 1.29 is 34.8 Å². The summed E-state index contributed by atoms with van der Waals surface area (Å²) >= 11 is 0. The molecule has 1 saturated heterocycles. The third-order valence-electron chi connectivity index (χ3n) is 3.90. The maximum absolute atomic E-state index is 11.7. The third kappa shape index (κ3) is 1.75. The van der Waals surface area contributed by atoms with Gasteiger partial charge >= 0.3 is 0 Å². The second-order valence-corrected chi connectivity index (χ2v) is 5.03. The van der Waals surface area contributed by atoms with Crippen LogP contribution < -0.4 is 0 Å². The van der Waals surface area contributed by atoms with Crippen molar-refractivity contribution in [1.82, 2.24) is 19.5 Å². The number of aliphatic hydroxyl groups is 3. The zero-order valence-electron chi connectivity index (χ0n) is 11.5. The second kappa shape index (κ2) is 5.03. The molecule has 3 rings (SSSR count). The largest absolute Gasteiger partial charge is 0.492 e. The van der Waals surface area contributed by atoms with Gasteiger partial charge < -0.3 is 25.2 Å². The molecule has 1 aliphatic heterocycles. The van der Waals surface area contributed by atoms with Crippen LogP contribution in [0, 0.1) is 0 Å². The Morgan fingerprint density at radius 2 is 2.04 bits per heavy atom. The average molecular weight is 324 g/mol. The Bertz CT molecular complexity index is 780. The van der Waals surface area contributed by atoms with Crippen molar-refractivity contribution in [2.75, 3.05) is 6.61 Å². The smallest absolute Gasteiger partial charge is 0.243 e. The highest BCUT2D eigenvalue weighted by atomic mass is 16.6. The number of aldehydes is 2. The van der Waals surface area contributed by atoms with Crippen LogP contribution in [0.4, 0.5) is 0 Å². The van der Waals surface area contributed by atoms with Crippen molar-refractivity contribution >= 4 is 23.7 Å². The molecule has 2 aromatic heterocycles. The van der Waals surface area contributed by atoms with E-state index in [1.165, 1.54) is 0 Å². The third-order valence-corrected chi connectivity index (χ3v) is 3.90. The SMILES string of the molecule is O=C[C@@]1(O)[C@H](O)[C@@H](CO)O[C@@]1(C=O)n1cnc2c(O)ncnc21. The molecule has 0 bridgehead atoms. The predicted octanol–water partition coefficient (Wildman–Crippen LogP) is -2.93. The lowest BCUT2D eigenvalue weighted by molar-refractivity contribution is -0.186. The number of imidazole rings is 1. The molecule has 0 amide bonds. The van der Waals surface area contributed by atoms with E-state index in [-0.39, 0.29) is 23.7 Å². The number of ether oxygens (including phenoxy) is 1. The number of carbonyl (C=O) groups excluding carboxylic acids is 2. The van der Waals surface area contributed by atoms with Crippen LogP contribution in [0.5, 0.6) is 5.88 Å². The van der Waals surface area contributed by atoms with Crippen LogP contribution in [-0.2, 0) is 20.1 Å². The number of aliphatic hydroxyl groups excluding tert-OH is 2. The van der Waals surface area contributed by atoms with Gasteiger partial charge in [0.2, 0.25) is 17.2 Å². The molecular weight excluding hydrogens is 312 g/mol. The number of aromatic nitrogens is 4. The van der Waals surface area contributed by atoms with Gasteiger partial charge in [-0.15, -0.1) is 0 Å². The highest BCUT2D eigenvalue weighted by molar-refractivity contribution is 5.82. The molecular formula is C12H12N4O7. The molecule has 122 valence electrons. The zero-order valence-corrected chi connectivity index (χ0v) is 11.5. The minimum Gasteiger partial charge on any atom is -0.492 e. The van der Waals surface area contributed by atoms with Gasteiger partial charge in [-0.25, -0.2) is 9.97 Å². The maximum Gasteiger partial charge on any atom is 0.243 e. The fraction of sp³-hybridized carbons (Fsp3) is 0.417. The summed E-state index contributed by atoms with van der Waals surface area (Å²) < 4.78 is 6.18. The van der Waals surface area contributed by atoms with E-state index in [9.17, 15) is 30.0 Å². The molecule has 11 nitrogen and oxygen atoms in total. The predicted molar refractivity (Wildman–Crippen MR) is 70.0 cm³/mol. The van der Waals surface area contributed by atoms with Crippen LogP contribution in [0.15, 0.2) is 12.7 Å². The first-order valence-corrected chi connectivity index (χ1v) is 6.44. The number of aromatic hydroxyl groups is 1. The van der Waals surface area contributed by atoms with Gasteiger partial charge in [0.15, 0.2) is 23.7 Å². The summed E-state index contributed by atoms with van der Waals surface area (Å²) in [6, 6.07) is 0. The van der Waals surface area contributed by atoms with Crippen molar-refractivity contribution in [3.05, 3.63) is 12.7 Å². The number of rotatable bonds is 4. The molecule has 4 atom stereocenters. The highest BCUT2D eigenvalue weighted by Gasteiger charge is 2.67. The number of hydrogen-bond acceptors (Lipinski definition) is 10. The summed E-state index contributed by atoms with van der Waals surface area (Å²) in [5.41, 5.74) is -5.34. The fourth-order valence-electron chi connectivity index (χ4n) is 2.67. The molecule has 4 N–H and O–H groups in total. The van der Waals surface area contributed by atoms with E-state index in [2.05, 4.69) is 15.0 Å². The zero-order chi connectivity index (χ0) is 16.8. The fourth-order valence-corrected chi connectivity index (χ4v) is 2.67. The van der Waals surface area contributed by atoms with Crippen LogP contribution in [0.3, 0.4) is 0 Å². The molecule has 1 aliphatic rings. The molecule has 3 heterocycles. The van der Waals surface area contributed by atoms with Crippen molar-refractivity contribution in [1.29, 1.82) is 0 Å². The van der Waals surface area contributed by atoms with Crippen LogP contribution >= 0.6 is 0 Å². The number of carbonyl (C=O) groups is 2. The molecule has 1 fully saturated rings. The Balaban J connectivity index is 2.30. The first kappa shape index (κ1) is 15.4. The van der Waals surface area contributed by atoms with E-state index < -0.39 is 36.0 Å². The van der Waals surface area contributed by atoms with Crippen LogP contribution in [0.2, 0.25) is 0 Å². The van der Waals surface area contributed by atoms with E-state index in [0.29, 0.717) is 0 Å². The number of fused-ring (bicyclic) bond motifs is 1. The lowest BCUT2D eigenvalue weighted by Gasteiger charge is -2.34. The summed E-state index contributed by atoms with van der Waals surface area (Å²) in [7, 11) is 0. The summed E-state index contributed by atoms with van der Waals surface area (Å²) in [6.45, 7) is -0.750.